The zero-order valence-corrected chi connectivity index (χ0v) is 17.4. The molecule has 1 aromatic rings. The van der Waals surface area contributed by atoms with E-state index in [0.717, 1.165) is 32.1 Å². The third-order valence-electron chi connectivity index (χ3n) is 5.10. The van der Waals surface area contributed by atoms with E-state index < -0.39 is 17.2 Å². The Balaban J connectivity index is 1.62. The highest BCUT2D eigenvalue weighted by Crippen LogP contribution is 2.42. The molecule has 154 valence electrons. The van der Waals surface area contributed by atoms with Gasteiger partial charge >= 0.3 is 5.97 Å². The van der Waals surface area contributed by atoms with E-state index in [1.165, 1.54) is 5.56 Å². The Morgan fingerprint density at radius 1 is 1.07 bits per heavy atom. The molecule has 1 aromatic carbocycles. The number of aliphatic carboxylic acids is 1. The van der Waals surface area contributed by atoms with Crippen LogP contribution in [0.5, 0.6) is 0 Å². The summed E-state index contributed by atoms with van der Waals surface area (Å²) in [6.07, 6.45) is 14.6. The molecule has 1 saturated heterocycles. The third-order valence-corrected chi connectivity index (χ3v) is 5.10. The number of hydrogen-bond donors (Lipinski definition) is 1. The molecule has 0 aliphatic carbocycles. The van der Waals surface area contributed by atoms with Crippen molar-refractivity contribution >= 4 is 12.0 Å². The van der Waals surface area contributed by atoms with Gasteiger partial charge in [0, 0.05) is 6.42 Å². The van der Waals surface area contributed by atoms with Gasteiger partial charge in [-0.15, -0.1) is 0 Å². The maximum atomic E-state index is 11.0. The molecule has 0 radical (unpaired) electrons. The highest BCUT2D eigenvalue weighted by Gasteiger charge is 2.47. The molecule has 0 bridgehead atoms. The Hall–Kier alpha value is -1.91. The SMILES string of the molecule is CC(CCC=CCCC=Cc1ccccc1)C[C@]1(C)C[C@@](C)(CC(=O)O)OO1. The zero-order chi connectivity index (χ0) is 20.5. The Morgan fingerprint density at radius 2 is 1.71 bits per heavy atom. The van der Waals surface area contributed by atoms with Crippen LogP contribution in [0.15, 0.2) is 48.6 Å². The van der Waals surface area contributed by atoms with Gasteiger partial charge in [0.15, 0.2) is 0 Å². The molecule has 0 spiro atoms. The van der Waals surface area contributed by atoms with Gasteiger partial charge in [0.05, 0.1) is 6.42 Å². The van der Waals surface area contributed by atoms with E-state index in [1.54, 1.807) is 0 Å². The van der Waals surface area contributed by atoms with Crippen LogP contribution in [0.3, 0.4) is 0 Å². The van der Waals surface area contributed by atoms with Crippen molar-refractivity contribution in [3.8, 4) is 0 Å². The number of benzene rings is 1. The first-order chi connectivity index (χ1) is 13.3. The predicted octanol–water partition coefficient (Wildman–Crippen LogP) is 6.19. The van der Waals surface area contributed by atoms with Crippen LogP contribution in [0.4, 0.5) is 0 Å². The molecule has 28 heavy (non-hydrogen) atoms. The second-order valence-electron chi connectivity index (χ2n) is 8.56. The van der Waals surface area contributed by atoms with Crippen LogP contribution in [-0.2, 0) is 14.6 Å². The summed E-state index contributed by atoms with van der Waals surface area (Å²) < 4.78 is 0. The summed E-state index contributed by atoms with van der Waals surface area (Å²) in [6, 6.07) is 10.4. The van der Waals surface area contributed by atoms with Crippen molar-refractivity contribution in [3.63, 3.8) is 0 Å². The summed E-state index contributed by atoms with van der Waals surface area (Å²) in [7, 11) is 0. The topological polar surface area (TPSA) is 55.8 Å². The quantitative estimate of drug-likeness (QED) is 0.280. The number of unbranched alkanes of at least 4 members (excludes halogenated alkanes) is 1. The van der Waals surface area contributed by atoms with E-state index in [4.69, 9.17) is 14.9 Å². The van der Waals surface area contributed by atoms with E-state index >= 15 is 0 Å². The highest BCUT2D eigenvalue weighted by molar-refractivity contribution is 5.68. The lowest BCUT2D eigenvalue weighted by molar-refractivity contribution is -0.346. The van der Waals surface area contributed by atoms with E-state index in [-0.39, 0.29) is 6.42 Å². The first-order valence-electron chi connectivity index (χ1n) is 10.3. The van der Waals surface area contributed by atoms with Gasteiger partial charge in [0.1, 0.15) is 11.2 Å². The Bertz CT molecular complexity index is 666. The van der Waals surface area contributed by atoms with Crippen LogP contribution in [0, 0.1) is 5.92 Å². The average molecular weight is 387 g/mol. The maximum Gasteiger partial charge on any atom is 0.306 e. The molecule has 1 heterocycles. The summed E-state index contributed by atoms with van der Waals surface area (Å²) in [5, 5.41) is 9.02. The maximum absolute atomic E-state index is 11.0. The number of carboxylic acid groups (broad SMARTS) is 1. The number of allylic oxidation sites excluding steroid dienone is 3. The van der Waals surface area contributed by atoms with Gasteiger partial charge in [-0.1, -0.05) is 61.6 Å². The predicted molar refractivity (Wildman–Crippen MR) is 113 cm³/mol. The van der Waals surface area contributed by atoms with Crippen LogP contribution in [0.1, 0.15) is 71.3 Å². The fourth-order valence-corrected chi connectivity index (χ4v) is 4.00. The first kappa shape index (κ1) is 22.4. The monoisotopic (exact) mass is 386 g/mol. The van der Waals surface area contributed by atoms with Crippen molar-refractivity contribution in [2.75, 3.05) is 0 Å². The average Bonchev–Trinajstić information content (AvgIpc) is 2.91. The summed E-state index contributed by atoms with van der Waals surface area (Å²) in [4.78, 5) is 21.9. The molecule has 2 rings (SSSR count). The summed E-state index contributed by atoms with van der Waals surface area (Å²) in [5.41, 5.74) is 0.106. The highest BCUT2D eigenvalue weighted by atomic mass is 17.2. The minimum absolute atomic E-state index is 0.0293. The molecular formula is C24H34O4. The minimum Gasteiger partial charge on any atom is -0.481 e. The van der Waals surface area contributed by atoms with Crippen molar-refractivity contribution in [1.82, 2.24) is 0 Å². The number of rotatable bonds is 11. The van der Waals surface area contributed by atoms with Gasteiger partial charge in [-0.2, -0.15) is 0 Å². The Morgan fingerprint density at radius 3 is 2.43 bits per heavy atom. The lowest BCUT2D eigenvalue weighted by Gasteiger charge is -2.25. The fraction of sp³-hybridized carbons (Fsp3) is 0.542. The fourth-order valence-electron chi connectivity index (χ4n) is 4.00. The third kappa shape index (κ3) is 7.99. The molecule has 0 saturated carbocycles. The van der Waals surface area contributed by atoms with Crippen LogP contribution in [0.25, 0.3) is 6.08 Å². The molecule has 1 aliphatic heterocycles. The van der Waals surface area contributed by atoms with E-state index in [1.807, 2.05) is 19.9 Å². The molecule has 0 amide bonds. The van der Waals surface area contributed by atoms with Crippen molar-refractivity contribution in [2.24, 2.45) is 5.92 Å². The van der Waals surface area contributed by atoms with Crippen molar-refractivity contribution < 1.29 is 19.7 Å². The molecule has 4 heteroatoms. The van der Waals surface area contributed by atoms with Gasteiger partial charge in [0.25, 0.3) is 0 Å². The summed E-state index contributed by atoms with van der Waals surface area (Å²) >= 11 is 0. The van der Waals surface area contributed by atoms with Crippen molar-refractivity contribution in [3.05, 3.63) is 54.1 Å². The zero-order valence-electron chi connectivity index (χ0n) is 17.4. The van der Waals surface area contributed by atoms with Crippen LogP contribution >= 0.6 is 0 Å². The second kappa shape index (κ2) is 10.6. The molecule has 1 unspecified atom stereocenters. The largest absolute Gasteiger partial charge is 0.481 e. The number of carbonyl (C=O) groups is 1. The van der Waals surface area contributed by atoms with Gasteiger partial charge in [0.2, 0.25) is 0 Å². The summed E-state index contributed by atoms with van der Waals surface area (Å²) in [5.74, 6) is -0.365. The van der Waals surface area contributed by atoms with Gasteiger partial charge in [-0.3, -0.25) is 4.79 Å². The standard InChI is InChI=1S/C24H34O4/c1-20(17-23(2)19-24(3,28-27-23)18-22(25)26)13-9-6-4-5-7-10-14-21-15-11-8-12-16-21/h4,6,8,10-12,14-16,20H,5,7,9,13,17-19H2,1-3H3,(H,25,26)/t20?,23-,24-/m1/s1. The first-order valence-corrected chi connectivity index (χ1v) is 10.3. The summed E-state index contributed by atoms with van der Waals surface area (Å²) in [6.45, 7) is 6.05. The minimum atomic E-state index is -0.854. The number of hydrogen-bond acceptors (Lipinski definition) is 3. The number of carboxylic acids is 1. The molecule has 1 N–H and O–H groups in total. The second-order valence-corrected chi connectivity index (χ2v) is 8.56. The smallest absolute Gasteiger partial charge is 0.306 e. The van der Waals surface area contributed by atoms with Gasteiger partial charge < -0.3 is 5.11 Å². The van der Waals surface area contributed by atoms with E-state index in [9.17, 15) is 4.79 Å². The van der Waals surface area contributed by atoms with E-state index in [2.05, 4.69) is 55.5 Å². The van der Waals surface area contributed by atoms with Crippen LogP contribution in [0.2, 0.25) is 0 Å². The van der Waals surface area contributed by atoms with Crippen molar-refractivity contribution in [2.45, 2.75) is 76.9 Å². The molecule has 1 aliphatic rings. The molecule has 1 fully saturated rings. The molecule has 3 atom stereocenters. The molecule has 4 nitrogen and oxygen atoms in total. The van der Waals surface area contributed by atoms with Gasteiger partial charge in [-0.05, 0) is 57.4 Å². The Kier molecular flexibility index (Phi) is 8.46. The molecule has 0 aromatic heterocycles. The van der Waals surface area contributed by atoms with Crippen LogP contribution in [-0.4, -0.2) is 22.3 Å². The van der Waals surface area contributed by atoms with E-state index in [0.29, 0.717) is 12.3 Å². The van der Waals surface area contributed by atoms with Crippen LogP contribution < -0.4 is 0 Å². The lowest BCUT2D eigenvalue weighted by Crippen LogP contribution is -2.31. The molecular weight excluding hydrogens is 352 g/mol. The Labute approximate surface area is 169 Å². The normalized spacial score (nSPS) is 26.2. The van der Waals surface area contributed by atoms with Crippen molar-refractivity contribution in [1.29, 1.82) is 0 Å². The lowest BCUT2D eigenvalue weighted by atomic mass is 9.82. The van der Waals surface area contributed by atoms with Gasteiger partial charge in [-0.25, -0.2) is 9.78 Å².